The number of hydrogen-bond acceptors (Lipinski definition) is 2. The zero-order valence-electron chi connectivity index (χ0n) is 9.74. The fourth-order valence-corrected chi connectivity index (χ4v) is 2.31. The zero-order valence-corrected chi connectivity index (χ0v) is 10.5. The molecule has 4 heteroatoms. The first-order chi connectivity index (χ1) is 8.11. The fourth-order valence-electron chi connectivity index (χ4n) is 2.13. The summed E-state index contributed by atoms with van der Waals surface area (Å²) in [7, 11) is 0. The van der Waals surface area contributed by atoms with Crippen LogP contribution in [0.2, 0.25) is 5.02 Å². The van der Waals surface area contributed by atoms with Gasteiger partial charge in [-0.15, -0.1) is 0 Å². The van der Waals surface area contributed by atoms with E-state index in [2.05, 4.69) is 12.2 Å². The molecule has 0 aliphatic heterocycles. The van der Waals surface area contributed by atoms with E-state index in [0.717, 1.165) is 6.42 Å². The summed E-state index contributed by atoms with van der Waals surface area (Å²) < 4.78 is 0. The van der Waals surface area contributed by atoms with E-state index < -0.39 is 5.97 Å². The first-order valence-electron chi connectivity index (χ1n) is 5.91. The molecule has 2 atom stereocenters. The Bertz CT molecular complexity index is 433. The highest BCUT2D eigenvalue weighted by molar-refractivity contribution is 6.31. The molecule has 0 bridgehead atoms. The monoisotopic (exact) mass is 253 g/mol. The number of nitrogens with one attached hydrogen (secondary N) is 1. The number of carboxylic acid groups (broad SMARTS) is 1. The highest BCUT2D eigenvalue weighted by Crippen LogP contribution is 2.38. The van der Waals surface area contributed by atoms with Crippen LogP contribution in [0.25, 0.3) is 0 Å². The summed E-state index contributed by atoms with van der Waals surface area (Å²) in [6.07, 6.45) is 3.51. The van der Waals surface area contributed by atoms with Gasteiger partial charge in [-0.2, -0.15) is 0 Å². The van der Waals surface area contributed by atoms with Gasteiger partial charge in [-0.05, 0) is 37.0 Å². The number of rotatable bonds is 5. The Balaban J connectivity index is 2.08. The van der Waals surface area contributed by atoms with Crippen LogP contribution < -0.4 is 5.32 Å². The molecule has 0 spiro atoms. The Labute approximate surface area is 106 Å². The van der Waals surface area contributed by atoms with Crippen LogP contribution in [-0.2, 0) is 0 Å². The fraction of sp³-hybridized carbons (Fsp3) is 0.462. The molecule has 2 unspecified atom stereocenters. The molecule has 1 aromatic carbocycles. The molecular weight excluding hydrogens is 238 g/mol. The van der Waals surface area contributed by atoms with Crippen molar-refractivity contribution in [3.05, 3.63) is 28.8 Å². The average Bonchev–Trinajstić information content (AvgIpc) is 2.99. The summed E-state index contributed by atoms with van der Waals surface area (Å²) in [6.45, 7) is 2.17. The summed E-state index contributed by atoms with van der Waals surface area (Å²) in [6, 6.07) is 5.37. The van der Waals surface area contributed by atoms with Gasteiger partial charge in [0.2, 0.25) is 0 Å². The van der Waals surface area contributed by atoms with Crippen molar-refractivity contribution in [1.29, 1.82) is 0 Å². The standard InChI is InChI=1S/C13H16ClNO2/c1-2-3-8-6-12(8)15-11-5-4-9(14)7-10(11)13(16)17/h4-5,7-8,12,15H,2-3,6H2,1H3,(H,16,17). The molecule has 2 rings (SSSR count). The second kappa shape index (κ2) is 4.96. The molecule has 1 aliphatic rings. The normalized spacial score (nSPS) is 22.2. The van der Waals surface area contributed by atoms with Gasteiger partial charge in [0.25, 0.3) is 0 Å². The van der Waals surface area contributed by atoms with Crippen LogP contribution in [0.5, 0.6) is 0 Å². The van der Waals surface area contributed by atoms with E-state index in [1.807, 2.05) is 0 Å². The van der Waals surface area contributed by atoms with Gasteiger partial charge >= 0.3 is 5.97 Å². The quantitative estimate of drug-likeness (QED) is 0.842. The molecule has 0 amide bonds. The van der Waals surface area contributed by atoms with Gasteiger partial charge in [0, 0.05) is 16.8 Å². The van der Waals surface area contributed by atoms with E-state index in [9.17, 15) is 4.79 Å². The van der Waals surface area contributed by atoms with Crippen molar-refractivity contribution >= 4 is 23.3 Å². The average molecular weight is 254 g/mol. The molecule has 1 aliphatic carbocycles. The van der Waals surface area contributed by atoms with Gasteiger partial charge in [-0.3, -0.25) is 0 Å². The number of halogens is 1. The molecule has 3 nitrogen and oxygen atoms in total. The second-order valence-electron chi connectivity index (χ2n) is 4.53. The summed E-state index contributed by atoms with van der Waals surface area (Å²) in [5.74, 6) is -0.250. The van der Waals surface area contributed by atoms with Crippen molar-refractivity contribution in [2.24, 2.45) is 5.92 Å². The SMILES string of the molecule is CCCC1CC1Nc1ccc(Cl)cc1C(=O)O. The Morgan fingerprint density at radius 2 is 2.35 bits per heavy atom. The maximum absolute atomic E-state index is 11.1. The largest absolute Gasteiger partial charge is 0.478 e. The van der Waals surface area contributed by atoms with E-state index in [4.69, 9.17) is 16.7 Å². The smallest absolute Gasteiger partial charge is 0.337 e. The molecule has 0 saturated heterocycles. The summed E-state index contributed by atoms with van der Waals surface area (Å²) in [4.78, 5) is 11.1. The van der Waals surface area contributed by atoms with E-state index in [0.29, 0.717) is 22.7 Å². The van der Waals surface area contributed by atoms with Crippen molar-refractivity contribution < 1.29 is 9.90 Å². The topological polar surface area (TPSA) is 49.3 Å². The van der Waals surface area contributed by atoms with Crippen LogP contribution in [-0.4, -0.2) is 17.1 Å². The van der Waals surface area contributed by atoms with E-state index in [-0.39, 0.29) is 5.56 Å². The minimum Gasteiger partial charge on any atom is -0.478 e. The zero-order chi connectivity index (χ0) is 12.4. The lowest BCUT2D eigenvalue weighted by Gasteiger charge is -2.09. The van der Waals surface area contributed by atoms with Gasteiger partial charge in [0.1, 0.15) is 0 Å². The molecule has 0 heterocycles. The van der Waals surface area contributed by atoms with Crippen molar-refractivity contribution in [3.8, 4) is 0 Å². The Morgan fingerprint density at radius 3 is 3.00 bits per heavy atom. The molecule has 1 fully saturated rings. The highest BCUT2D eigenvalue weighted by atomic mass is 35.5. The number of anilines is 1. The summed E-state index contributed by atoms with van der Waals surface area (Å²) in [5.41, 5.74) is 0.921. The summed E-state index contributed by atoms with van der Waals surface area (Å²) in [5, 5.41) is 12.8. The number of carbonyl (C=O) groups is 1. The van der Waals surface area contributed by atoms with Crippen LogP contribution in [0.4, 0.5) is 5.69 Å². The van der Waals surface area contributed by atoms with Crippen LogP contribution in [0.15, 0.2) is 18.2 Å². The van der Waals surface area contributed by atoms with E-state index in [1.54, 1.807) is 12.1 Å². The number of benzene rings is 1. The van der Waals surface area contributed by atoms with Crippen molar-refractivity contribution in [2.75, 3.05) is 5.32 Å². The summed E-state index contributed by atoms with van der Waals surface area (Å²) >= 11 is 5.80. The third kappa shape index (κ3) is 2.91. The van der Waals surface area contributed by atoms with Crippen molar-refractivity contribution in [3.63, 3.8) is 0 Å². The van der Waals surface area contributed by atoms with Crippen LogP contribution in [0.3, 0.4) is 0 Å². The van der Waals surface area contributed by atoms with Gasteiger partial charge in [-0.1, -0.05) is 24.9 Å². The Kier molecular flexibility index (Phi) is 3.57. The van der Waals surface area contributed by atoms with E-state index in [1.165, 1.54) is 18.9 Å². The van der Waals surface area contributed by atoms with Crippen molar-refractivity contribution in [1.82, 2.24) is 0 Å². The Morgan fingerprint density at radius 1 is 1.59 bits per heavy atom. The maximum atomic E-state index is 11.1. The number of hydrogen-bond donors (Lipinski definition) is 2. The molecule has 17 heavy (non-hydrogen) atoms. The first kappa shape index (κ1) is 12.2. The predicted molar refractivity (Wildman–Crippen MR) is 68.8 cm³/mol. The lowest BCUT2D eigenvalue weighted by molar-refractivity contribution is 0.0698. The molecule has 92 valence electrons. The first-order valence-corrected chi connectivity index (χ1v) is 6.29. The molecule has 0 aromatic heterocycles. The van der Waals surface area contributed by atoms with Crippen molar-refractivity contribution in [2.45, 2.75) is 32.2 Å². The maximum Gasteiger partial charge on any atom is 0.337 e. The van der Waals surface area contributed by atoms with Gasteiger partial charge in [-0.25, -0.2) is 4.79 Å². The molecule has 1 aromatic rings. The van der Waals surface area contributed by atoms with Gasteiger partial charge in [0.15, 0.2) is 0 Å². The second-order valence-corrected chi connectivity index (χ2v) is 4.97. The van der Waals surface area contributed by atoms with Gasteiger partial charge < -0.3 is 10.4 Å². The molecular formula is C13H16ClNO2. The minimum absolute atomic E-state index is 0.250. The minimum atomic E-state index is -0.942. The van der Waals surface area contributed by atoms with Gasteiger partial charge in [0.05, 0.1) is 5.56 Å². The van der Waals surface area contributed by atoms with E-state index >= 15 is 0 Å². The lowest BCUT2D eigenvalue weighted by Crippen LogP contribution is -2.09. The highest BCUT2D eigenvalue weighted by Gasteiger charge is 2.36. The number of aromatic carboxylic acids is 1. The van der Waals surface area contributed by atoms with Crippen LogP contribution in [0, 0.1) is 5.92 Å². The molecule has 1 saturated carbocycles. The lowest BCUT2D eigenvalue weighted by atomic mass is 10.1. The third-order valence-electron chi connectivity index (χ3n) is 3.13. The Hall–Kier alpha value is -1.22. The molecule has 2 N–H and O–H groups in total. The van der Waals surface area contributed by atoms with Crippen LogP contribution >= 0.6 is 11.6 Å². The number of carboxylic acids is 1. The third-order valence-corrected chi connectivity index (χ3v) is 3.37. The molecule has 0 radical (unpaired) electrons. The van der Waals surface area contributed by atoms with Crippen LogP contribution in [0.1, 0.15) is 36.5 Å². The predicted octanol–water partition coefficient (Wildman–Crippen LogP) is 3.64.